The summed E-state index contributed by atoms with van der Waals surface area (Å²) in [5, 5.41) is 2.76. The molecule has 1 unspecified atom stereocenters. The lowest BCUT2D eigenvalue weighted by atomic mass is 9.95. The average molecular weight is 373 g/mol. The molecule has 0 bridgehead atoms. The van der Waals surface area contributed by atoms with Gasteiger partial charge in [0.15, 0.2) is 6.61 Å². The quantitative estimate of drug-likeness (QED) is 0.846. The number of carbonyl (C=O) groups excluding carboxylic acids is 3. The summed E-state index contributed by atoms with van der Waals surface area (Å²) in [5.41, 5.74) is 0.969. The molecule has 0 aliphatic carbocycles. The molecule has 1 spiro atoms. The molecule has 3 aliphatic rings. The van der Waals surface area contributed by atoms with Gasteiger partial charge in [-0.1, -0.05) is 6.07 Å². The molecule has 3 heterocycles. The van der Waals surface area contributed by atoms with E-state index < -0.39 is 5.60 Å². The number of anilines is 1. The van der Waals surface area contributed by atoms with Crippen LogP contribution in [0.15, 0.2) is 18.2 Å². The molecule has 2 saturated heterocycles. The lowest BCUT2D eigenvalue weighted by Gasteiger charge is -2.25. The number of hydrogen-bond acceptors (Lipinski definition) is 5. The minimum Gasteiger partial charge on any atom is -0.482 e. The van der Waals surface area contributed by atoms with Crippen LogP contribution < -0.4 is 10.1 Å². The second kappa shape index (κ2) is 6.75. The van der Waals surface area contributed by atoms with E-state index in [9.17, 15) is 14.4 Å². The Hall–Kier alpha value is -2.77. The van der Waals surface area contributed by atoms with Crippen LogP contribution in [0.4, 0.5) is 10.5 Å². The summed E-state index contributed by atoms with van der Waals surface area (Å²) < 4.78 is 10.9. The Kier molecular flexibility index (Phi) is 4.41. The molecule has 1 N–H and O–H groups in total. The molecule has 8 nitrogen and oxygen atoms in total. The smallest absolute Gasteiger partial charge is 0.410 e. The molecule has 3 amide bonds. The first-order valence-corrected chi connectivity index (χ1v) is 9.22. The van der Waals surface area contributed by atoms with E-state index >= 15 is 0 Å². The summed E-state index contributed by atoms with van der Waals surface area (Å²) in [6.07, 6.45) is 2.21. The monoisotopic (exact) mass is 373 g/mol. The van der Waals surface area contributed by atoms with Crippen molar-refractivity contribution in [2.75, 3.05) is 38.6 Å². The number of likely N-dealkylation sites (N-methyl/N-ethyl adjacent to an activating group) is 1. The van der Waals surface area contributed by atoms with Gasteiger partial charge in [0.2, 0.25) is 5.91 Å². The highest BCUT2D eigenvalue weighted by Gasteiger charge is 2.44. The van der Waals surface area contributed by atoms with Crippen molar-refractivity contribution < 1.29 is 23.9 Å². The SMILES string of the molecule is CN1CC2(CCCN(C(=O)Cc3ccc4c(c3)NC(=O)CO4)CC2)OC1=O. The summed E-state index contributed by atoms with van der Waals surface area (Å²) >= 11 is 0. The van der Waals surface area contributed by atoms with Gasteiger partial charge in [-0.3, -0.25) is 9.59 Å². The molecule has 0 saturated carbocycles. The van der Waals surface area contributed by atoms with Crippen LogP contribution in [-0.2, 0) is 20.7 Å². The molecule has 0 radical (unpaired) electrons. The van der Waals surface area contributed by atoms with E-state index in [0.717, 1.165) is 18.4 Å². The van der Waals surface area contributed by atoms with Gasteiger partial charge in [0.1, 0.15) is 11.4 Å². The maximum Gasteiger partial charge on any atom is 0.410 e. The highest BCUT2D eigenvalue weighted by atomic mass is 16.6. The largest absolute Gasteiger partial charge is 0.482 e. The first kappa shape index (κ1) is 17.6. The molecule has 2 fully saturated rings. The molecular weight excluding hydrogens is 350 g/mol. The summed E-state index contributed by atoms with van der Waals surface area (Å²) in [7, 11) is 1.74. The molecule has 0 aromatic heterocycles. The molecule has 1 atom stereocenters. The molecule has 3 aliphatic heterocycles. The highest BCUT2D eigenvalue weighted by Crippen LogP contribution is 2.33. The number of nitrogens with zero attached hydrogens (tertiary/aromatic N) is 2. The fourth-order valence-corrected chi connectivity index (χ4v) is 4.00. The van der Waals surface area contributed by atoms with Crippen molar-refractivity contribution in [3.8, 4) is 5.75 Å². The average Bonchev–Trinajstić information content (AvgIpc) is 2.79. The maximum atomic E-state index is 12.8. The number of amides is 3. The van der Waals surface area contributed by atoms with Crippen LogP contribution in [-0.4, -0.2) is 66.6 Å². The minimum atomic E-state index is -0.464. The first-order valence-electron chi connectivity index (χ1n) is 9.22. The zero-order valence-electron chi connectivity index (χ0n) is 15.3. The summed E-state index contributed by atoms with van der Waals surface area (Å²) in [5.74, 6) is 0.460. The second-order valence-corrected chi connectivity index (χ2v) is 7.49. The van der Waals surface area contributed by atoms with E-state index in [1.807, 2.05) is 11.0 Å². The number of carbonyl (C=O) groups is 3. The number of hydrogen-bond donors (Lipinski definition) is 1. The van der Waals surface area contributed by atoms with Gasteiger partial charge in [0.05, 0.1) is 18.7 Å². The van der Waals surface area contributed by atoms with E-state index in [2.05, 4.69) is 5.32 Å². The summed E-state index contributed by atoms with van der Waals surface area (Å²) in [6.45, 7) is 1.83. The van der Waals surface area contributed by atoms with Gasteiger partial charge in [-0.05, 0) is 30.5 Å². The molecular formula is C19H23N3O5. The van der Waals surface area contributed by atoms with Crippen LogP contribution >= 0.6 is 0 Å². The van der Waals surface area contributed by atoms with Gasteiger partial charge in [0, 0.05) is 26.6 Å². The maximum absolute atomic E-state index is 12.8. The van der Waals surface area contributed by atoms with Crippen molar-refractivity contribution >= 4 is 23.6 Å². The van der Waals surface area contributed by atoms with Crippen LogP contribution in [0.25, 0.3) is 0 Å². The predicted octanol–water partition coefficient (Wildman–Crippen LogP) is 1.39. The van der Waals surface area contributed by atoms with E-state index in [1.54, 1.807) is 24.1 Å². The molecule has 4 rings (SSSR count). The molecule has 1 aromatic rings. The molecule has 144 valence electrons. The zero-order valence-corrected chi connectivity index (χ0v) is 15.3. The van der Waals surface area contributed by atoms with Crippen LogP contribution in [0.3, 0.4) is 0 Å². The normalized spacial score (nSPS) is 24.8. The highest BCUT2D eigenvalue weighted by molar-refractivity contribution is 5.95. The summed E-state index contributed by atoms with van der Waals surface area (Å²) in [6, 6.07) is 5.42. The van der Waals surface area contributed by atoms with Gasteiger partial charge in [-0.25, -0.2) is 4.79 Å². The van der Waals surface area contributed by atoms with E-state index in [1.165, 1.54) is 0 Å². The standard InChI is InChI=1S/C19H23N3O5/c1-21-12-19(27-18(21)25)5-2-7-22(8-6-19)17(24)10-13-3-4-15-14(9-13)20-16(23)11-26-15/h3-4,9H,2,5-8,10-12H2,1H3,(H,20,23). The van der Waals surface area contributed by atoms with Crippen LogP contribution in [0.5, 0.6) is 5.75 Å². The number of nitrogens with one attached hydrogen (secondary N) is 1. The Morgan fingerprint density at radius 2 is 2.11 bits per heavy atom. The first-order chi connectivity index (χ1) is 12.9. The van der Waals surface area contributed by atoms with E-state index in [0.29, 0.717) is 37.5 Å². The van der Waals surface area contributed by atoms with Crippen molar-refractivity contribution in [1.82, 2.24) is 9.80 Å². The predicted molar refractivity (Wildman–Crippen MR) is 96.5 cm³/mol. The topological polar surface area (TPSA) is 88.2 Å². The van der Waals surface area contributed by atoms with Crippen LogP contribution in [0.2, 0.25) is 0 Å². The summed E-state index contributed by atoms with van der Waals surface area (Å²) in [4.78, 5) is 39.4. The number of fused-ring (bicyclic) bond motifs is 1. The Bertz CT molecular complexity index is 796. The van der Waals surface area contributed by atoms with E-state index in [4.69, 9.17) is 9.47 Å². The molecule has 8 heteroatoms. The van der Waals surface area contributed by atoms with Crippen molar-refractivity contribution in [2.24, 2.45) is 0 Å². The Labute approximate surface area is 157 Å². The van der Waals surface area contributed by atoms with Gasteiger partial charge < -0.3 is 24.6 Å². The lowest BCUT2D eigenvalue weighted by molar-refractivity contribution is -0.130. The second-order valence-electron chi connectivity index (χ2n) is 7.49. The Morgan fingerprint density at radius 1 is 1.26 bits per heavy atom. The van der Waals surface area contributed by atoms with Crippen LogP contribution in [0, 0.1) is 0 Å². The fraction of sp³-hybridized carbons (Fsp3) is 0.526. The number of benzene rings is 1. The van der Waals surface area contributed by atoms with Crippen molar-refractivity contribution in [3.63, 3.8) is 0 Å². The van der Waals surface area contributed by atoms with Crippen molar-refractivity contribution in [3.05, 3.63) is 23.8 Å². The number of ether oxygens (including phenoxy) is 2. The van der Waals surface area contributed by atoms with Crippen molar-refractivity contribution in [2.45, 2.75) is 31.3 Å². The third kappa shape index (κ3) is 3.56. The zero-order chi connectivity index (χ0) is 19.0. The lowest BCUT2D eigenvalue weighted by Crippen LogP contribution is -2.37. The van der Waals surface area contributed by atoms with Crippen LogP contribution in [0.1, 0.15) is 24.8 Å². The Balaban J connectivity index is 1.40. The third-order valence-corrected chi connectivity index (χ3v) is 5.42. The van der Waals surface area contributed by atoms with E-state index in [-0.39, 0.29) is 30.9 Å². The number of rotatable bonds is 2. The minimum absolute atomic E-state index is 0.0145. The third-order valence-electron chi connectivity index (χ3n) is 5.42. The van der Waals surface area contributed by atoms with Gasteiger partial charge in [-0.2, -0.15) is 0 Å². The Morgan fingerprint density at radius 3 is 2.89 bits per heavy atom. The van der Waals surface area contributed by atoms with Gasteiger partial charge in [-0.15, -0.1) is 0 Å². The fourth-order valence-electron chi connectivity index (χ4n) is 4.00. The molecule has 1 aromatic carbocycles. The van der Waals surface area contributed by atoms with Crippen molar-refractivity contribution in [1.29, 1.82) is 0 Å². The molecule has 27 heavy (non-hydrogen) atoms. The van der Waals surface area contributed by atoms with Gasteiger partial charge >= 0.3 is 6.09 Å². The number of likely N-dealkylation sites (tertiary alicyclic amines) is 1. The van der Waals surface area contributed by atoms with Gasteiger partial charge in [0.25, 0.3) is 5.91 Å².